The minimum Gasteiger partial charge on any atom is -0.384 e. The summed E-state index contributed by atoms with van der Waals surface area (Å²) >= 11 is 2.14. The van der Waals surface area contributed by atoms with Crippen molar-refractivity contribution < 1.29 is 0 Å². The van der Waals surface area contributed by atoms with Crippen molar-refractivity contribution in [2.24, 2.45) is 0 Å². The maximum atomic E-state index is 3.54. The average Bonchev–Trinajstić information content (AvgIpc) is 2.41. The molecule has 100 valence electrons. The van der Waals surface area contributed by atoms with Crippen LogP contribution in [0.25, 0.3) is 0 Å². The van der Waals surface area contributed by atoms with Crippen molar-refractivity contribution in [1.82, 2.24) is 4.90 Å². The highest BCUT2D eigenvalue weighted by atomic mass is 32.2. The summed E-state index contributed by atoms with van der Waals surface area (Å²) in [6.07, 6.45) is 1.30. The second-order valence-corrected chi connectivity index (χ2v) is 6.35. The Balaban J connectivity index is 1.73. The number of para-hydroxylation sites is 1. The van der Waals surface area contributed by atoms with Gasteiger partial charge in [0.15, 0.2) is 0 Å². The average molecular weight is 264 g/mol. The molecule has 2 rings (SSSR count). The molecule has 1 atom stereocenters. The molecule has 1 aliphatic heterocycles. The van der Waals surface area contributed by atoms with Gasteiger partial charge in [0.05, 0.1) is 0 Å². The lowest BCUT2D eigenvalue weighted by Gasteiger charge is -2.31. The summed E-state index contributed by atoms with van der Waals surface area (Å²) in [4.78, 5) is 2.59. The molecule has 1 heterocycles. The first kappa shape index (κ1) is 13.8. The van der Waals surface area contributed by atoms with E-state index in [9.17, 15) is 0 Å². The molecule has 1 aromatic carbocycles. The number of hydrogen-bond acceptors (Lipinski definition) is 3. The zero-order valence-electron chi connectivity index (χ0n) is 11.5. The van der Waals surface area contributed by atoms with E-state index in [1.54, 1.807) is 0 Å². The number of anilines is 1. The van der Waals surface area contributed by atoms with Crippen molar-refractivity contribution in [3.05, 3.63) is 29.8 Å². The van der Waals surface area contributed by atoms with E-state index < -0.39 is 0 Å². The van der Waals surface area contributed by atoms with Crippen molar-refractivity contribution in [3.8, 4) is 0 Å². The third kappa shape index (κ3) is 3.92. The Kier molecular flexibility index (Phi) is 5.39. The van der Waals surface area contributed by atoms with Gasteiger partial charge >= 0.3 is 0 Å². The summed E-state index contributed by atoms with van der Waals surface area (Å²) in [7, 11) is 0. The Morgan fingerprint density at radius 2 is 2.22 bits per heavy atom. The van der Waals surface area contributed by atoms with Gasteiger partial charge in [-0.3, -0.25) is 4.90 Å². The van der Waals surface area contributed by atoms with E-state index in [2.05, 4.69) is 60.1 Å². The zero-order valence-corrected chi connectivity index (χ0v) is 12.3. The molecule has 0 saturated carbocycles. The molecule has 1 saturated heterocycles. The second kappa shape index (κ2) is 7.05. The number of aryl methyl sites for hydroxylation is 1. The predicted molar refractivity (Wildman–Crippen MR) is 82.6 cm³/mol. The molecule has 0 aliphatic carbocycles. The molecule has 2 nitrogen and oxygen atoms in total. The number of benzene rings is 1. The van der Waals surface area contributed by atoms with Crippen LogP contribution < -0.4 is 5.32 Å². The molecule has 0 amide bonds. The largest absolute Gasteiger partial charge is 0.384 e. The highest BCUT2D eigenvalue weighted by Crippen LogP contribution is 2.20. The topological polar surface area (TPSA) is 15.3 Å². The van der Waals surface area contributed by atoms with Gasteiger partial charge in [-0.25, -0.2) is 0 Å². The van der Waals surface area contributed by atoms with Crippen LogP contribution in [0.4, 0.5) is 5.69 Å². The van der Waals surface area contributed by atoms with Crippen LogP contribution in [0.1, 0.15) is 18.9 Å². The third-order valence-electron chi connectivity index (χ3n) is 3.57. The molecule has 1 aliphatic rings. The van der Waals surface area contributed by atoms with Crippen molar-refractivity contribution in [1.29, 1.82) is 0 Å². The van der Waals surface area contributed by atoms with Gasteiger partial charge in [0, 0.05) is 42.9 Å². The Morgan fingerprint density at radius 1 is 1.39 bits per heavy atom. The van der Waals surface area contributed by atoms with Crippen molar-refractivity contribution in [3.63, 3.8) is 0 Å². The van der Waals surface area contributed by atoms with Crippen LogP contribution in [-0.4, -0.2) is 42.1 Å². The van der Waals surface area contributed by atoms with Crippen LogP contribution >= 0.6 is 11.8 Å². The lowest BCUT2D eigenvalue weighted by atomic mass is 10.2. The maximum absolute atomic E-state index is 3.54. The number of thioether (sulfide) groups is 1. The van der Waals surface area contributed by atoms with Gasteiger partial charge < -0.3 is 5.32 Å². The van der Waals surface area contributed by atoms with E-state index in [4.69, 9.17) is 0 Å². The Bertz CT molecular complexity index is 367. The highest BCUT2D eigenvalue weighted by Gasteiger charge is 2.18. The van der Waals surface area contributed by atoms with Gasteiger partial charge in [-0.05, 0) is 25.0 Å². The van der Waals surface area contributed by atoms with Crippen LogP contribution in [0.5, 0.6) is 0 Å². The fourth-order valence-electron chi connectivity index (χ4n) is 2.35. The molecule has 0 bridgehead atoms. The standard InChI is InChI=1S/C15H24N2S/c1-3-14-12-17(10-11-18-14)9-8-16-15-7-5-4-6-13(15)2/h4-7,14,16H,3,8-12H2,1-2H3. The third-order valence-corrected chi connectivity index (χ3v) is 4.94. The fourth-order valence-corrected chi connectivity index (χ4v) is 3.60. The predicted octanol–water partition coefficient (Wildman–Crippen LogP) is 3.23. The molecule has 1 fully saturated rings. The lowest BCUT2D eigenvalue weighted by molar-refractivity contribution is 0.292. The van der Waals surface area contributed by atoms with Gasteiger partial charge in [-0.15, -0.1) is 0 Å². The molecule has 1 unspecified atom stereocenters. The van der Waals surface area contributed by atoms with E-state index in [-0.39, 0.29) is 0 Å². The monoisotopic (exact) mass is 264 g/mol. The van der Waals surface area contributed by atoms with Crippen molar-refractivity contribution >= 4 is 17.4 Å². The van der Waals surface area contributed by atoms with Gasteiger partial charge in [0.25, 0.3) is 0 Å². The van der Waals surface area contributed by atoms with Crippen LogP contribution in [0.3, 0.4) is 0 Å². The molecule has 18 heavy (non-hydrogen) atoms. The number of rotatable bonds is 5. The van der Waals surface area contributed by atoms with E-state index in [1.165, 1.54) is 36.5 Å². The van der Waals surface area contributed by atoms with Gasteiger partial charge in [0.2, 0.25) is 0 Å². The summed E-state index contributed by atoms with van der Waals surface area (Å²) in [5, 5.41) is 4.39. The minimum absolute atomic E-state index is 0.845. The van der Waals surface area contributed by atoms with Gasteiger partial charge in [0.1, 0.15) is 0 Å². The molecule has 3 heteroatoms. The van der Waals surface area contributed by atoms with E-state index in [0.717, 1.165) is 18.3 Å². The van der Waals surface area contributed by atoms with Crippen LogP contribution in [0, 0.1) is 6.92 Å². The molecular formula is C15H24N2S. The highest BCUT2D eigenvalue weighted by molar-refractivity contribution is 8.00. The number of nitrogens with one attached hydrogen (secondary N) is 1. The minimum atomic E-state index is 0.845. The lowest BCUT2D eigenvalue weighted by Crippen LogP contribution is -2.40. The molecular weight excluding hydrogens is 240 g/mol. The van der Waals surface area contributed by atoms with Crippen LogP contribution in [-0.2, 0) is 0 Å². The first-order valence-electron chi connectivity index (χ1n) is 6.93. The zero-order chi connectivity index (χ0) is 12.8. The molecule has 0 aromatic heterocycles. The van der Waals surface area contributed by atoms with Gasteiger partial charge in [-0.1, -0.05) is 25.1 Å². The van der Waals surface area contributed by atoms with Crippen molar-refractivity contribution in [2.75, 3.05) is 37.2 Å². The van der Waals surface area contributed by atoms with Crippen molar-refractivity contribution in [2.45, 2.75) is 25.5 Å². The van der Waals surface area contributed by atoms with E-state index in [0.29, 0.717) is 0 Å². The van der Waals surface area contributed by atoms with Gasteiger partial charge in [-0.2, -0.15) is 11.8 Å². The number of nitrogens with zero attached hydrogens (tertiary/aromatic N) is 1. The molecule has 0 radical (unpaired) electrons. The van der Waals surface area contributed by atoms with E-state index in [1.807, 2.05) is 0 Å². The van der Waals surface area contributed by atoms with Crippen LogP contribution in [0.2, 0.25) is 0 Å². The molecule has 0 spiro atoms. The SMILES string of the molecule is CCC1CN(CCNc2ccccc2C)CCS1. The molecule has 1 aromatic rings. The second-order valence-electron chi connectivity index (χ2n) is 4.94. The Labute approximate surface area is 115 Å². The quantitative estimate of drug-likeness (QED) is 0.879. The summed E-state index contributed by atoms with van der Waals surface area (Å²) in [5.41, 5.74) is 2.61. The summed E-state index contributed by atoms with van der Waals surface area (Å²) in [6, 6.07) is 8.51. The van der Waals surface area contributed by atoms with Crippen LogP contribution in [0.15, 0.2) is 24.3 Å². The van der Waals surface area contributed by atoms with E-state index >= 15 is 0 Å². The summed E-state index contributed by atoms with van der Waals surface area (Å²) in [6.45, 7) is 9.17. The normalized spacial score (nSPS) is 20.9. The Morgan fingerprint density at radius 3 is 3.00 bits per heavy atom. The number of hydrogen-bond donors (Lipinski definition) is 1. The first-order chi connectivity index (χ1) is 8.79. The first-order valence-corrected chi connectivity index (χ1v) is 7.98. The maximum Gasteiger partial charge on any atom is 0.0370 e. The fraction of sp³-hybridized carbons (Fsp3) is 0.600. The summed E-state index contributed by atoms with van der Waals surface area (Å²) < 4.78 is 0. The smallest absolute Gasteiger partial charge is 0.0370 e. The summed E-state index contributed by atoms with van der Waals surface area (Å²) in [5.74, 6) is 1.29. The Hall–Kier alpha value is -0.670. The molecule has 1 N–H and O–H groups in total.